The van der Waals surface area contributed by atoms with Crippen molar-refractivity contribution in [2.45, 2.75) is 18.4 Å². The summed E-state index contributed by atoms with van der Waals surface area (Å²) < 4.78 is 25.9. The number of thiazole rings is 1. The lowest BCUT2D eigenvalue weighted by Gasteiger charge is -2.17. The Bertz CT molecular complexity index is 680. The molecule has 5 nitrogen and oxygen atoms in total. The van der Waals surface area contributed by atoms with Crippen LogP contribution in [0.4, 0.5) is 0 Å². The van der Waals surface area contributed by atoms with Crippen LogP contribution in [-0.4, -0.2) is 29.9 Å². The molecule has 19 heavy (non-hydrogen) atoms. The first-order valence-electron chi connectivity index (χ1n) is 5.56. The predicted molar refractivity (Wildman–Crippen MR) is 73.6 cm³/mol. The number of phenols is 1. The molecule has 2 rings (SSSR count). The highest BCUT2D eigenvalue weighted by Crippen LogP contribution is 2.26. The van der Waals surface area contributed by atoms with E-state index in [-0.39, 0.29) is 17.2 Å². The van der Waals surface area contributed by atoms with E-state index in [2.05, 4.69) is 4.98 Å². The topological polar surface area (TPSA) is 70.5 Å². The number of aryl methyl sites for hydroxylation is 1. The number of aromatic nitrogens is 1. The normalized spacial score (nSPS) is 11.9. The van der Waals surface area contributed by atoms with Gasteiger partial charge < -0.3 is 5.11 Å². The second kappa shape index (κ2) is 5.28. The van der Waals surface area contributed by atoms with E-state index in [4.69, 9.17) is 0 Å². The number of benzene rings is 1. The van der Waals surface area contributed by atoms with Crippen LogP contribution >= 0.6 is 11.3 Å². The maximum atomic E-state index is 12.3. The summed E-state index contributed by atoms with van der Waals surface area (Å²) in [6, 6.07) is 5.92. The predicted octanol–water partition coefficient (Wildman–Crippen LogP) is 1.98. The highest BCUT2D eigenvalue weighted by molar-refractivity contribution is 7.89. The summed E-state index contributed by atoms with van der Waals surface area (Å²) in [5, 5.41) is 9.66. The Morgan fingerprint density at radius 1 is 1.37 bits per heavy atom. The summed E-state index contributed by atoms with van der Waals surface area (Å²) in [5.41, 5.74) is 2.51. The Morgan fingerprint density at radius 3 is 2.63 bits per heavy atom. The van der Waals surface area contributed by atoms with Crippen LogP contribution < -0.4 is 0 Å². The van der Waals surface area contributed by atoms with Crippen LogP contribution in [0, 0.1) is 6.92 Å². The lowest BCUT2D eigenvalue weighted by Crippen LogP contribution is -2.26. The van der Waals surface area contributed by atoms with Gasteiger partial charge in [0, 0.05) is 18.5 Å². The van der Waals surface area contributed by atoms with E-state index >= 15 is 0 Å². The second-order valence-corrected chi connectivity index (χ2v) is 7.04. The molecule has 0 aliphatic heterocycles. The largest absolute Gasteiger partial charge is 0.507 e. The molecule has 0 amide bonds. The molecule has 0 aliphatic rings. The molecule has 1 aromatic heterocycles. The van der Waals surface area contributed by atoms with Crippen LogP contribution in [0.25, 0.3) is 0 Å². The van der Waals surface area contributed by atoms with Gasteiger partial charge in [0.25, 0.3) is 0 Å². The molecule has 1 N–H and O–H groups in total. The SMILES string of the molecule is Cc1ncsc1CN(C)S(=O)(=O)c1ccccc1O. The summed E-state index contributed by atoms with van der Waals surface area (Å²) >= 11 is 1.41. The molecule has 7 heteroatoms. The molecular weight excluding hydrogens is 284 g/mol. The van der Waals surface area contributed by atoms with Crippen LogP contribution in [0.3, 0.4) is 0 Å². The summed E-state index contributed by atoms with van der Waals surface area (Å²) in [6.45, 7) is 2.08. The Kier molecular flexibility index (Phi) is 3.88. The summed E-state index contributed by atoms with van der Waals surface area (Å²) in [5.74, 6) is -0.240. The van der Waals surface area contributed by atoms with Gasteiger partial charge in [0.05, 0.1) is 11.2 Å². The number of phenolic OH excluding ortho intramolecular Hbond substituents is 1. The lowest BCUT2D eigenvalue weighted by molar-refractivity contribution is 0.440. The number of sulfonamides is 1. The third kappa shape index (κ3) is 2.78. The van der Waals surface area contributed by atoms with Crippen LogP contribution in [0.15, 0.2) is 34.7 Å². The summed E-state index contributed by atoms with van der Waals surface area (Å²) in [4.78, 5) is 4.90. The van der Waals surface area contributed by atoms with Gasteiger partial charge in [-0.25, -0.2) is 13.4 Å². The molecule has 0 aliphatic carbocycles. The number of hydrogen-bond acceptors (Lipinski definition) is 5. The van der Waals surface area contributed by atoms with Gasteiger partial charge in [-0.1, -0.05) is 12.1 Å². The van der Waals surface area contributed by atoms with Crippen molar-refractivity contribution in [3.05, 3.63) is 40.3 Å². The van der Waals surface area contributed by atoms with Crippen molar-refractivity contribution in [2.24, 2.45) is 0 Å². The van der Waals surface area contributed by atoms with E-state index in [1.165, 1.54) is 34.8 Å². The minimum Gasteiger partial charge on any atom is -0.507 e. The molecule has 2 aromatic rings. The third-order valence-corrected chi connectivity index (χ3v) is 5.54. The molecule has 1 aromatic carbocycles. The van der Waals surface area contributed by atoms with Gasteiger partial charge in [0.2, 0.25) is 10.0 Å². The van der Waals surface area contributed by atoms with Gasteiger partial charge in [-0.05, 0) is 19.1 Å². The summed E-state index contributed by atoms with van der Waals surface area (Å²) in [7, 11) is -2.21. The number of nitrogens with zero attached hydrogens (tertiary/aromatic N) is 2. The van der Waals surface area contributed by atoms with E-state index in [9.17, 15) is 13.5 Å². The number of aromatic hydroxyl groups is 1. The minimum atomic E-state index is -3.70. The second-order valence-electron chi connectivity index (χ2n) is 4.09. The first kappa shape index (κ1) is 14.0. The molecule has 102 valence electrons. The van der Waals surface area contributed by atoms with E-state index in [1.807, 2.05) is 6.92 Å². The Labute approximate surface area is 116 Å². The average Bonchev–Trinajstić information content (AvgIpc) is 2.75. The third-order valence-electron chi connectivity index (χ3n) is 2.76. The van der Waals surface area contributed by atoms with E-state index in [0.29, 0.717) is 0 Å². The smallest absolute Gasteiger partial charge is 0.246 e. The Morgan fingerprint density at radius 2 is 2.05 bits per heavy atom. The molecular formula is C12H14N2O3S2. The van der Waals surface area contributed by atoms with Crippen LogP contribution in [0.5, 0.6) is 5.75 Å². The van der Waals surface area contributed by atoms with Crippen molar-refractivity contribution in [1.29, 1.82) is 0 Å². The first-order chi connectivity index (χ1) is 8.93. The fourth-order valence-electron chi connectivity index (χ4n) is 1.61. The quantitative estimate of drug-likeness (QED) is 0.937. The van der Waals surface area contributed by atoms with Gasteiger partial charge in [0.1, 0.15) is 10.6 Å². The van der Waals surface area contributed by atoms with Gasteiger partial charge in [-0.2, -0.15) is 4.31 Å². The number of para-hydroxylation sites is 1. The highest BCUT2D eigenvalue weighted by Gasteiger charge is 2.24. The van der Waals surface area contributed by atoms with E-state index in [0.717, 1.165) is 10.6 Å². The van der Waals surface area contributed by atoms with Crippen LogP contribution in [0.2, 0.25) is 0 Å². The van der Waals surface area contributed by atoms with Gasteiger partial charge in [0.15, 0.2) is 0 Å². The first-order valence-corrected chi connectivity index (χ1v) is 7.88. The van der Waals surface area contributed by atoms with Crippen molar-refractivity contribution >= 4 is 21.4 Å². The van der Waals surface area contributed by atoms with Crippen molar-refractivity contribution in [3.8, 4) is 5.75 Å². The zero-order valence-electron chi connectivity index (χ0n) is 10.6. The molecule has 0 fully saturated rings. The van der Waals surface area contributed by atoms with Crippen molar-refractivity contribution in [1.82, 2.24) is 9.29 Å². The molecule has 0 saturated carbocycles. The lowest BCUT2D eigenvalue weighted by atomic mass is 10.3. The fourth-order valence-corrected chi connectivity index (χ4v) is 3.74. The molecule has 0 spiro atoms. The monoisotopic (exact) mass is 298 g/mol. The van der Waals surface area contributed by atoms with Crippen molar-refractivity contribution < 1.29 is 13.5 Å². The van der Waals surface area contributed by atoms with Crippen LogP contribution in [0.1, 0.15) is 10.6 Å². The Balaban J connectivity index is 2.30. The van der Waals surface area contributed by atoms with E-state index in [1.54, 1.807) is 17.6 Å². The highest BCUT2D eigenvalue weighted by atomic mass is 32.2. The van der Waals surface area contributed by atoms with Crippen molar-refractivity contribution in [3.63, 3.8) is 0 Å². The zero-order chi connectivity index (χ0) is 14.0. The van der Waals surface area contributed by atoms with Gasteiger partial charge in [-0.3, -0.25) is 0 Å². The summed E-state index contributed by atoms with van der Waals surface area (Å²) in [6.07, 6.45) is 0. The average molecular weight is 298 g/mol. The maximum absolute atomic E-state index is 12.3. The minimum absolute atomic E-state index is 0.0836. The molecule has 0 unspecified atom stereocenters. The molecule has 1 heterocycles. The van der Waals surface area contributed by atoms with E-state index < -0.39 is 10.0 Å². The standard InChI is InChI=1S/C12H14N2O3S2/c1-9-11(18-8-13-9)7-14(2)19(16,17)12-6-4-3-5-10(12)15/h3-6,8,15H,7H2,1-2H3. The number of hydrogen-bond donors (Lipinski definition) is 1. The zero-order valence-corrected chi connectivity index (χ0v) is 12.2. The van der Waals surface area contributed by atoms with Gasteiger partial charge in [-0.15, -0.1) is 11.3 Å². The molecule has 0 bridgehead atoms. The molecule has 0 atom stereocenters. The molecule has 0 saturated heterocycles. The Hall–Kier alpha value is -1.44. The fraction of sp³-hybridized carbons (Fsp3) is 0.250. The van der Waals surface area contributed by atoms with Gasteiger partial charge >= 0.3 is 0 Å². The number of rotatable bonds is 4. The van der Waals surface area contributed by atoms with Crippen molar-refractivity contribution in [2.75, 3.05) is 7.05 Å². The molecule has 0 radical (unpaired) electrons. The maximum Gasteiger partial charge on any atom is 0.246 e. The van der Waals surface area contributed by atoms with Crippen LogP contribution in [-0.2, 0) is 16.6 Å².